The molecule has 11 heavy (non-hydrogen) atoms. The highest BCUT2D eigenvalue weighted by molar-refractivity contribution is 5.05. The van der Waals surface area contributed by atoms with Gasteiger partial charge in [0.25, 0.3) is 0 Å². The van der Waals surface area contributed by atoms with Crippen LogP contribution in [0.4, 0.5) is 0 Å². The van der Waals surface area contributed by atoms with Crippen LogP contribution in [0, 0.1) is 0 Å². The molecule has 1 aromatic heterocycles. The first-order chi connectivity index (χ1) is 5.36. The Morgan fingerprint density at radius 2 is 2.09 bits per heavy atom. The first-order valence-corrected chi connectivity index (χ1v) is 3.65. The maximum Gasteiger partial charge on any atom is 0.169 e. The van der Waals surface area contributed by atoms with Gasteiger partial charge >= 0.3 is 0 Å². The zero-order valence-electron chi connectivity index (χ0n) is 6.53. The summed E-state index contributed by atoms with van der Waals surface area (Å²) in [5.41, 5.74) is 6.60. The topological polar surface area (TPSA) is 29.9 Å². The number of nitrogens with two attached hydrogens (primary N) is 1. The van der Waals surface area contributed by atoms with Crippen LogP contribution in [0.1, 0.15) is 5.56 Å². The van der Waals surface area contributed by atoms with Crippen molar-refractivity contribution in [2.24, 2.45) is 5.73 Å². The summed E-state index contributed by atoms with van der Waals surface area (Å²) in [6, 6.07) is 4.03. The van der Waals surface area contributed by atoms with Crippen LogP contribution in [0.5, 0.6) is 0 Å². The Bertz CT molecular complexity index is 226. The zero-order chi connectivity index (χ0) is 8.10. The number of pyridine rings is 1. The average molecular weight is 149 g/mol. The van der Waals surface area contributed by atoms with Gasteiger partial charge in [-0.05, 0) is 11.6 Å². The van der Waals surface area contributed by atoms with Crippen molar-refractivity contribution in [3.05, 3.63) is 42.7 Å². The van der Waals surface area contributed by atoms with E-state index < -0.39 is 0 Å². The summed E-state index contributed by atoms with van der Waals surface area (Å²) >= 11 is 0. The summed E-state index contributed by atoms with van der Waals surface area (Å²) in [6.45, 7) is 5.11. The van der Waals surface area contributed by atoms with Crippen LogP contribution in [0.3, 0.4) is 0 Å². The lowest BCUT2D eigenvalue weighted by Gasteiger charge is -1.93. The van der Waals surface area contributed by atoms with Gasteiger partial charge in [0.1, 0.15) is 0 Å². The van der Waals surface area contributed by atoms with Crippen molar-refractivity contribution in [1.82, 2.24) is 0 Å². The molecular weight excluding hydrogens is 136 g/mol. The molecule has 58 valence electrons. The van der Waals surface area contributed by atoms with Gasteiger partial charge in [-0.3, -0.25) is 0 Å². The van der Waals surface area contributed by atoms with Crippen LogP contribution in [0.15, 0.2) is 37.2 Å². The number of nitrogens with zero attached hydrogens (tertiary/aromatic N) is 1. The molecule has 0 saturated carbocycles. The summed E-state index contributed by atoms with van der Waals surface area (Å²) in [4.78, 5) is 0. The van der Waals surface area contributed by atoms with Crippen LogP contribution < -0.4 is 10.3 Å². The molecule has 0 atom stereocenters. The van der Waals surface area contributed by atoms with Crippen molar-refractivity contribution >= 4 is 0 Å². The van der Waals surface area contributed by atoms with Crippen molar-refractivity contribution in [2.75, 3.05) is 0 Å². The third kappa shape index (κ3) is 2.16. The van der Waals surface area contributed by atoms with E-state index in [2.05, 4.69) is 6.58 Å². The molecule has 0 unspecified atom stereocenters. The molecule has 1 heterocycles. The second-order valence-electron chi connectivity index (χ2n) is 2.40. The molecule has 0 fully saturated rings. The molecule has 0 aliphatic heterocycles. The van der Waals surface area contributed by atoms with Gasteiger partial charge in [-0.25, -0.2) is 4.57 Å². The van der Waals surface area contributed by atoms with E-state index in [1.807, 2.05) is 35.2 Å². The van der Waals surface area contributed by atoms with E-state index in [4.69, 9.17) is 5.73 Å². The van der Waals surface area contributed by atoms with Crippen molar-refractivity contribution < 1.29 is 4.57 Å². The van der Waals surface area contributed by atoms with Crippen LogP contribution in [-0.4, -0.2) is 0 Å². The Labute approximate surface area is 67.0 Å². The van der Waals surface area contributed by atoms with Gasteiger partial charge in [0, 0.05) is 18.7 Å². The lowest BCUT2D eigenvalue weighted by Crippen LogP contribution is -2.31. The lowest BCUT2D eigenvalue weighted by atomic mass is 10.3. The fourth-order valence-corrected chi connectivity index (χ4v) is 0.895. The van der Waals surface area contributed by atoms with Crippen molar-refractivity contribution in [3.63, 3.8) is 0 Å². The van der Waals surface area contributed by atoms with E-state index in [1.54, 1.807) is 0 Å². The van der Waals surface area contributed by atoms with E-state index >= 15 is 0 Å². The van der Waals surface area contributed by atoms with Gasteiger partial charge in [0.2, 0.25) is 0 Å². The number of hydrogen-bond donors (Lipinski definition) is 1. The van der Waals surface area contributed by atoms with Crippen molar-refractivity contribution in [1.29, 1.82) is 0 Å². The second kappa shape index (κ2) is 3.88. The first-order valence-electron chi connectivity index (χ1n) is 3.65. The second-order valence-corrected chi connectivity index (χ2v) is 2.40. The van der Waals surface area contributed by atoms with Gasteiger partial charge in [-0.1, -0.05) is 6.58 Å². The number of rotatable bonds is 3. The monoisotopic (exact) mass is 149 g/mol. The Kier molecular flexibility index (Phi) is 2.81. The quantitative estimate of drug-likeness (QED) is 0.495. The predicted molar refractivity (Wildman–Crippen MR) is 44.7 cm³/mol. The minimum Gasteiger partial charge on any atom is -0.326 e. The molecule has 1 aromatic rings. The first kappa shape index (κ1) is 7.95. The van der Waals surface area contributed by atoms with Crippen LogP contribution in [0.25, 0.3) is 0 Å². The van der Waals surface area contributed by atoms with Crippen molar-refractivity contribution in [2.45, 2.75) is 13.1 Å². The van der Waals surface area contributed by atoms with Gasteiger partial charge in [0.05, 0.1) is 0 Å². The Morgan fingerprint density at radius 3 is 2.55 bits per heavy atom. The molecule has 0 aliphatic carbocycles. The van der Waals surface area contributed by atoms with Crippen molar-refractivity contribution in [3.8, 4) is 0 Å². The largest absolute Gasteiger partial charge is 0.326 e. The zero-order valence-corrected chi connectivity index (χ0v) is 6.53. The fourth-order valence-electron chi connectivity index (χ4n) is 0.895. The maximum atomic E-state index is 5.44. The standard InChI is InChI=1S/C9H13N2/c1-2-5-11-6-3-9(8-10)4-7-11/h2-4,6-7H,1,5,8,10H2/q+1. The van der Waals surface area contributed by atoms with E-state index in [-0.39, 0.29) is 0 Å². The SMILES string of the molecule is C=CC[n+]1ccc(CN)cc1. The molecule has 2 heteroatoms. The molecule has 0 amide bonds. The summed E-state index contributed by atoms with van der Waals surface area (Å²) in [5.74, 6) is 0. The van der Waals surface area contributed by atoms with Crippen LogP contribution in [-0.2, 0) is 13.1 Å². The van der Waals surface area contributed by atoms with Crippen LogP contribution in [0.2, 0.25) is 0 Å². The van der Waals surface area contributed by atoms with Gasteiger partial charge in [-0.2, -0.15) is 0 Å². The molecule has 0 radical (unpaired) electrons. The summed E-state index contributed by atoms with van der Waals surface area (Å²) in [7, 11) is 0. The molecule has 0 aromatic carbocycles. The Hall–Kier alpha value is -1.15. The van der Waals surface area contributed by atoms with Gasteiger partial charge in [-0.15, -0.1) is 0 Å². The lowest BCUT2D eigenvalue weighted by molar-refractivity contribution is -0.687. The molecule has 0 aliphatic rings. The number of hydrogen-bond acceptors (Lipinski definition) is 1. The third-order valence-electron chi connectivity index (χ3n) is 1.54. The number of allylic oxidation sites excluding steroid dienone is 1. The van der Waals surface area contributed by atoms with Gasteiger partial charge < -0.3 is 5.73 Å². The molecule has 0 spiro atoms. The molecule has 0 bridgehead atoms. The molecule has 1 rings (SSSR count). The molecule has 2 nitrogen and oxygen atoms in total. The summed E-state index contributed by atoms with van der Waals surface area (Å²) < 4.78 is 2.05. The highest BCUT2D eigenvalue weighted by Gasteiger charge is 1.95. The Balaban J connectivity index is 2.74. The molecular formula is C9H13N2+. The van der Waals surface area contributed by atoms with E-state index in [0.717, 1.165) is 12.1 Å². The highest BCUT2D eigenvalue weighted by Crippen LogP contribution is 1.91. The molecule has 0 saturated heterocycles. The van der Waals surface area contributed by atoms with Crippen LogP contribution >= 0.6 is 0 Å². The third-order valence-corrected chi connectivity index (χ3v) is 1.54. The van der Waals surface area contributed by atoms with E-state index in [1.165, 1.54) is 0 Å². The summed E-state index contributed by atoms with van der Waals surface area (Å²) in [5, 5.41) is 0. The fraction of sp³-hybridized carbons (Fsp3) is 0.222. The Morgan fingerprint density at radius 1 is 1.45 bits per heavy atom. The smallest absolute Gasteiger partial charge is 0.169 e. The normalized spacial score (nSPS) is 9.55. The average Bonchev–Trinajstić information content (AvgIpc) is 2.07. The van der Waals surface area contributed by atoms with E-state index in [0.29, 0.717) is 6.54 Å². The minimum atomic E-state index is 0.606. The summed E-state index contributed by atoms with van der Waals surface area (Å²) in [6.07, 6.45) is 5.87. The molecule has 2 N–H and O–H groups in total. The minimum absolute atomic E-state index is 0.606. The highest BCUT2D eigenvalue weighted by atomic mass is 14.9. The predicted octanol–water partition coefficient (Wildman–Crippen LogP) is 0.619. The van der Waals surface area contributed by atoms with E-state index in [9.17, 15) is 0 Å². The maximum absolute atomic E-state index is 5.44. The van der Waals surface area contributed by atoms with Gasteiger partial charge in [0.15, 0.2) is 18.9 Å². The number of aromatic nitrogens is 1.